The average molecular weight is 425 g/mol. The monoisotopic (exact) mass is 424 g/mol. The number of hydrogen-bond acceptors (Lipinski definition) is 4. The van der Waals surface area contributed by atoms with Gasteiger partial charge in [0.1, 0.15) is 0 Å². The van der Waals surface area contributed by atoms with Crippen LogP contribution in [0.5, 0.6) is 0 Å². The van der Waals surface area contributed by atoms with Crippen LogP contribution in [0.15, 0.2) is 11.6 Å². The van der Waals surface area contributed by atoms with Crippen molar-refractivity contribution in [3.05, 3.63) is 11.6 Å². The number of ether oxygens (including phenoxy) is 1. The Morgan fingerprint density at radius 3 is 2.48 bits per heavy atom. The second-order valence-electron chi connectivity index (χ2n) is 10.1. The van der Waals surface area contributed by atoms with Crippen molar-refractivity contribution >= 4 is 29.1 Å². The third kappa shape index (κ3) is 2.86. The number of halogens is 2. The summed E-state index contributed by atoms with van der Waals surface area (Å²) in [5.74, 6) is -0.00519. The molecule has 6 heteroatoms. The SMILES string of the molecule is CC(=O)[C@@]1(OC(=O)[C@H](F)Cl)CC[C@H]2[C@@H]3CCC4=CC(=O)CC[C@]4(C)[C@H]3CC[C@@]21C. The first-order chi connectivity index (χ1) is 13.5. The second-order valence-corrected chi connectivity index (χ2v) is 10.5. The molecular formula is C23H30ClFO4. The minimum absolute atomic E-state index is 0.0382. The lowest BCUT2D eigenvalue weighted by molar-refractivity contribution is -0.190. The summed E-state index contributed by atoms with van der Waals surface area (Å²) in [5.41, 5.74) is -2.73. The van der Waals surface area contributed by atoms with Crippen molar-refractivity contribution in [3.63, 3.8) is 0 Å². The molecule has 0 aromatic heterocycles. The van der Waals surface area contributed by atoms with Crippen LogP contribution in [0, 0.1) is 28.6 Å². The summed E-state index contributed by atoms with van der Waals surface area (Å²) < 4.78 is 19.0. The van der Waals surface area contributed by atoms with Crippen LogP contribution in [0.25, 0.3) is 0 Å². The first-order valence-corrected chi connectivity index (χ1v) is 11.2. The number of carbonyl (C=O) groups is 3. The lowest BCUT2D eigenvalue weighted by atomic mass is 9.46. The lowest BCUT2D eigenvalue weighted by Crippen LogP contribution is -2.59. The van der Waals surface area contributed by atoms with E-state index in [0.29, 0.717) is 24.7 Å². The average Bonchev–Trinajstić information content (AvgIpc) is 2.96. The molecule has 4 aliphatic carbocycles. The molecule has 160 valence electrons. The Balaban J connectivity index is 1.68. The maximum Gasteiger partial charge on any atom is 0.357 e. The molecule has 4 aliphatic rings. The highest BCUT2D eigenvalue weighted by Crippen LogP contribution is 2.68. The number of esters is 1. The number of fused-ring (bicyclic) bond motifs is 5. The summed E-state index contributed by atoms with van der Waals surface area (Å²) in [4.78, 5) is 36.8. The van der Waals surface area contributed by atoms with Crippen LogP contribution in [0.2, 0.25) is 0 Å². The van der Waals surface area contributed by atoms with Crippen LogP contribution in [0.4, 0.5) is 4.39 Å². The van der Waals surface area contributed by atoms with Gasteiger partial charge < -0.3 is 4.74 Å². The zero-order valence-electron chi connectivity index (χ0n) is 17.4. The Morgan fingerprint density at radius 2 is 1.83 bits per heavy atom. The molecule has 0 saturated heterocycles. The molecule has 0 bridgehead atoms. The molecule has 0 heterocycles. The Bertz CT molecular complexity index is 792. The van der Waals surface area contributed by atoms with E-state index in [4.69, 9.17) is 16.3 Å². The first-order valence-electron chi connectivity index (χ1n) is 10.8. The Hall–Kier alpha value is -1.23. The van der Waals surface area contributed by atoms with Gasteiger partial charge in [-0.2, -0.15) is 0 Å². The van der Waals surface area contributed by atoms with Gasteiger partial charge in [0.15, 0.2) is 17.2 Å². The molecule has 0 N–H and O–H groups in total. The fourth-order valence-electron chi connectivity index (χ4n) is 7.59. The number of Topliss-reactive ketones (excluding diaryl/α,β-unsaturated/α-hetero) is 1. The zero-order chi connectivity index (χ0) is 21.2. The van der Waals surface area contributed by atoms with E-state index in [2.05, 4.69) is 13.8 Å². The van der Waals surface area contributed by atoms with Crippen molar-refractivity contribution in [1.29, 1.82) is 0 Å². The van der Waals surface area contributed by atoms with Crippen molar-refractivity contribution in [3.8, 4) is 0 Å². The van der Waals surface area contributed by atoms with Crippen molar-refractivity contribution in [2.24, 2.45) is 28.6 Å². The van der Waals surface area contributed by atoms with Crippen LogP contribution >= 0.6 is 11.6 Å². The maximum atomic E-state index is 13.4. The number of hydrogen-bond donors (Lipinski definition) is 0. The number of ketones is 2. The van der Waals surface area contributed by atoms with E-state index in [0.717, 1.165) is 38.5 Å². The van der Waals surface area contributed by atoms with E-state index in [1.165, 1.54) is 12.5 Å². The molecule has 3 saturated carbocycles. The molecule has 29 heavy (non-hydrogen) atoms. The van der Waals surface area contributed by atoms with E-state index in [9.17, 15) is 18.8 Å². The summed E-state index contributed by atoms with van der Waals surface area (Å²) in [6.07, 6.45) is 8.18. The summed E-state index contributed by atoms with van der Waals surface area (Å²) >= 11 is 5.32. The van der Waals surface area contributed by atoms with Gasteiger partial charge in [0.25, 0.3) is 5.63 Å². The second kappa shape index (κ2) is 6.90. The van der Waals surface area contributed by atoms with Gasteiger partial charge in [0, 0.05) is 11.8 Å². The molecule has 7 atom stereocenters. The molecular weight excluding hydrogens is 395 g/mol. The normalized spacial score (nSPS) is 44.8. The van der Waals surface area contributed by atoms with E-state index in [1.54, 1.807) is 0 Å². The van der Waals surface area contributed by atoms with E-state index in [-0.39, 0.29) is 22.9 Å². The first kappa shape index (κ1) is 21.0. The number of rotatable bonds is 3. The molecule has 0 radical (unpaired) electrons. The summed E-state index contributed by atoms with van der Waals surface area (Å²) in [5, 5.41) is 0. The summed E-state index contributed by atoms with van der Waals surface area (Å²) in [7, 11) is 0. The molecule has 0 aliphatic heterocycles. The highest BCUT2D eigenvalue weighted by molar-refractivity contribution is 6.28. The fraction of sp³-hybridized carbons (Fsp3) is 0.783. The van der Waals surface area contributed by atoms with Crippen LogP contribution in [0.1, 0.15) is 72.1 Å². The van der Waals surface area contributed by atoms with Gasteiger partial charge in [0.05, 0.1) is 0 Å². The largest absolute Gasteiger partial charge is 0.447 e. The molecule has 4 rings (SSSR count). The zero-order valence-corrected chi connectivity index (χ0v) is 18.2. The predicted molar refractivity (Wildman–Crippen MR) is 107 cm³/mol. The lowest BCUT2D eigenvalue weighted by Gasteiger charge is -2.59. The minimum atomic E-state index is -2.26. The van der Waals surface area contributed by atoms with E-state index < -0.39 is 22.6 Å². The van der Waals surface area contributed by atoms with Crippen LogP contribution in [-0.4, -0.2) is 28.8 Å². The molecule has 0 amide bonds. The van der Waals surface area contributed by atoms with Gasteiger partial charge in [-0.1, -0.05) is 31.0 Å². The van der Waals surface area contributed by atoms with Gasteiger partial charge in [-0.15, -0.1) is 0 Å². The molecule has 0 spiro atoms. The van der Waals surface area contributed by atoms with Crippen molar-refractivity contribution < 1.29 is 23.5 Å². The Labute approximate surface area is 176 Å². The minimum Gasteiger partial charge on any atom is -0.447 e. The van der Waals surface area contributed by atoms with Crippen molar-refractivity contribution in [2.45, 2.75) is 83.4 Å². The van der Waals surface area contributed by atoms with E-state index in [1.807, 2.05) is 6.08 Å². The van der Waals surface area contributed by atoms with Gasteiger partial charge in [0.2, 0.25) is 0 Å². The molecule has 3 fully saturated rings. The molecule has 4 nitrogen and oxygen atoms in total. The van der Waals surface area contributed by atoms with Crippen LogP contribution in [0.3, 0.4) is 0 Å². The predicted octanol–water partition coefficient (Wildman–Crippen LogP) is 4.92. The van der Waals surface area contributed by atoms with Gasteiger partial charge in [-0.3, -0.25) is 9.59 Å². The highest BCUT2D eigenvalue weighted by atomic mass is 35.5. The van der Waals surface area contributed by atoms with Crippen LogP contribution in [-0.2, 0) is 19.1 Å². The smallest absolute Gasteiger partial charge is 0.357 e. The van der Waals surface area contributed by atoms with Gasteiger partial charge in [-0.25, -0.2) is 9.18 Å². The standard InChI is InChI=1S/C23H30ClFO4/c1-13(26)23(29-20(28)19(24)25)11-8-18-16-5-4-14-12-15(27)6-9-21(14,2)17(16)7-10-22(18,23)3/h12,16-19H,4-11H2,1-3H3/t16-,17+,18+,19+,21+,22+,23+/m1/s1. The molecule has 0 aromatic rings. The van der Waals surface area contributed by atoms with Crippen molar-refractivity contribution in [1.82, 2.24) is 0 Å². The van der Waals surface area contributed by atoms with Crippen molar-refractivity contribution in [2.75, 3.05) is 0 Å². The number of allylic oxidation sites excluding steroid dienone is 1. The number of carbonyl (C=O) groups excluding carboxylic acids is 3. The quantitative estimate of drug-likeness (QED) is 0.476. The Morgan fingerprint density at radius 1 is 1.14 bits per heavy atom. The molecule has 0 unspecified atom stereocenters. The van der Waals surface area contributed by atoms with Gasteiger partial charge in [-0.05, 0) is 81.1 Å². The highest BCUT2D eigenvalue weighted by Gasteiger charge is 2.68. The third-order valence-electron chi connectivity index (χ3n) is 9.10. The summed E-state index contributed by atoms with van der Waals surface area (Å²) in [6.45, 7) is 5.80. The fourth-order valence-corrected chi connectivity index (χ4v) is 7.64. The Kier molecular flexibility index (Phi) is 5.00. The summed E-state index contributed by atoms with van der Waals surface area (Å²) in [6, 6.07) is 0. The number of alkyl halides is 2. The third-order valence-corrected chi connectivity index (χ3v) is 9.28. The van der Waals surface area contributed by atoms with E-state index >= 15 is 0 Å². The molecule has 0 aromatic carbocycles. The van der Waals surface area contributed by atoms with Gasteiger partial charge >= 0.3 is 5.97 Å². The van der Waals surface area contributed by atoms with Crippen LogP contribution < -0.4 is 0 Å². The topological polar surface area (TPSA) is 60.4 Å². The maximum absolute atomic E-state index is 13.4.